The Kier molecular flexibility index (Phi) is 3.59. The molecule has 0 aromatic carbocycles. The quantitative estimate of drug-likeness (QED) is 0.590. The summed E-state index contributed by atoms with van der Waals surface area (Å²) in [6.45, 7) is 3.35. The van der Waals surface area contributed by atoms with Crippen LogP contribution in [0.25, 0.3) is 0 Å². The van der Waals surface area contributed by atoms with Gasteiger partial charge < -0.3 is 9.90 Å². The zero-order valence-corrected chi connectivity index (χ0v) is 6.89. The van der Waals surface area contributed by atoms with E-state index in [4.69, 9.17) is 5.26 Å². The number of carboxylic acids is 1. The van der Waals surface area contributed by atoms with E-state index in [1.54, 1.807) is 6.07 Å². The molecule has 1 atom stereocenters. The van der Waals surface area contributed by atoms with Crippen LogP contribution in [-0.4, -0.2) is 5.97 Å². The van der Waals surface area contributed by atoms with Gasteiger partial charge in [0.25, 0.3) is 0 Å². The molecule has 0 rings (SSSR count). The van der Waals surface area contributed by atoms with Crippen molar-refractivity contribution in [1.82, 2.24) is 0 Å². The van der Waals surface area contributed by atoms with Gasteiger partial charge in [0.1, 0.15) is 0 Å². The van der Waals surface area contributed by atoms with Crippen LogP contribution in [0.2, 0.25) is 0 Å². The fourth-order valence-corrected chi connectivity index (χ4v) is 0.734. The van der Waals surface area contributed by atoms with Crippen LogP contribution in [0.15, 0.2) is 0 Å². The van der Waals surface area contributed by atoms with Crippen molar-refractivity contribution in [2.24, 2.45) is 5.41 Å². The maximum absolute atomic E-state index is 10.4. The van der Waals surface area contributed by atoms with Crippen molar-refractivity contribution in [2.45, 2.75) is 33.1 Å². The van der Waals surface area contributed by atoms with Crippen LogP contribution < -0.4 is 5.11 Å². The Balaban J connectivity index is 4.14. The lowest BCUT2D eigenvalue weighted by Crippen LogP contribution is -2.39. The number of rotatable bonds is 4. The van der Waals surface area contributed by atoms with Crippen molar-refractivity contribution >= 4 is 5.97 Å². The average molecular weight is 154 g/mol. The second-order valence-corrected chi connectivity index (χ2v) is 2.83. The molecule has 0 saturated heterocycles. The van der Waals surface area contributed by atoms with Crippen molar-refractivity contribution in [1.29, 1.82) is 5.26 Å². The van der Waals surface area contributed by atoms with Gasteiger partial charge in [0.05, 0.1) is 17.5 Å². The molecule has 3 nitrogen and oxygen atoms in total. The summed E-state index contributed by atoms with van der Waals surface area (Å²) in [5.41, 5.74) is -1.30. The molecular weight excluding hydrogens is 142 g/mol. The smallest absolute Gasteiger partial charge is 0.0938 e. The average Bonchev–Trinajstić information content (AvgIpc) is 2.00. The number of aliphatic carboxylic acids is 1. The predicted molar refractivity (Wildman–Crippen MR) is 38.3 cm³/mol. The third-order valence-electron chi connectivity index (χ3n) is 1.73. The fraction of sp³-hybridized carbons (Fsp3) is 0.750. The molecule has 0 aliphatic heterocycles. The Morgan fingerprint density at radius 1 is 1.73 bits per heavy atom. The van der Waals surface area contributed by atoms with Gasteiger partial charge in [0.2, 0.25) is 0 Å². The van der Waals surface area contributed by atoms with Gasteiger partial charge in [-0.3, -0.25) is 0 Å². The van der Waals surface area contributed by atoms with E-state index in [2.05, 4.69) is 0 Å². The van der Waals surface area contributed by atoms with Gasteiger partial charge in [-0.05, 0) is 13.3 Å². The van der Waals surface area contributed by atoms with Crippen molar-refractivity contribution in [3.63, 3.8) is 0 Å². The number of carboxylic acid groups (broad SMARTS) is 1. The van der Waals surface area contributed by atoms with Crippen molar-refractivity contribution in [2.75, 3.05) is 0 Å². The Labute approximate surface area is 66.6 Å². The number of carbonyl (C=O) groups excluding carboxylic acids is 1. The standard InChI is InChI=1S/C8H13NO2/c1-3-4-5-8(2,6-9)7(10)11/h3-5H2,1-2H3,(H,10,11)/p-1. The monoisotopic (exact) mass is 154 g/mol. The number of unbranched alkanes of at least 4 members (excludes halogenated alkanes) is 1. The molecule has 0 saturated carbocycles. The summed E-state index contributed by atoms with van der Waals surface area (Å²) < 4.78 is 0. The fourth-order valence-electron chi connectivity index (χ4n) is 0.734. The third-order valence-corrected chi connectivity index (χ3v) is 1.73. The predicted octanol–water partition coefficient (Wildman–Crippen LogP) is 0.456. The van der Waals surface area contributed by atoms with Gasteiger partial charge in [-0.15, -0.1) is 0 Å². The summed E-state index contributed by atoms with van der Waals surface area (Å²) >= 11 is 0. The van der Waals surface area contributed by atoms with Crippen LogP contribution in [0.1, 0.15) is 33.1 Å². The lowest BCUT2D eigenvalue weighted by Gasteiger charge is -2.21. The molecule has 0 aliphatic carbocycles. The summed E-state index contributed by atoms with van der Waals surface area (Å²) in [7, 11) is 0. The molecule has 0 aliphatic rings. The number of nitriles is 1. The molecule has 0 bridgehead atoms. The number of hydrogen-bond donors (Lipinski definition) is 0. The first-order chi connectivity index (χ1) is 5.06. The van der Waals surface area contributed by atoms with Gasteiger partial charge in [0, 0.05) is 0 Å². The molecule has 0 heterocycles. The highest BCUT2D eigenvalue weighted by Crippen LogP contribution is 2.21. The van der Waals surface area contributed by atoms with Gasteiger partial charge in [-0.1, -0.05) is 19.8 Å². The molecule has 62 valence electrons. The highest BCUT2D eigenvalue weighted by atomic mass is 16.4. The number of nitrogens with zero attached hydrogens (tertiary/aromatic N) is 1. The highest BCUT2D eigenvalue weighted by molar-refractivity contribution is 5.75. The maximum atomic E-state index is 10.4. The molecule has 11 heavy (non-hydrogen) atoms. The largest absolute Gasteiger partial charge is 0.548 e. The molecule has 0 aromatic rings. The highest BCUT2D eigenvalue weighted by Gasteiger charge is 2.24. The Hall–Kier alpha value is -1.04. The van der Waals surface area contributed by atoms with Crippen LogP contribution in [-0.2, 0) is 4.79 Å². The minimum Gasteiger partial charge on any atom is -0.548 e. The Bertz CT molecular complexity index is 183. The molecule has 0 spiro atoms. The van der Waals surface area contributed by atoms with E-state index in [0.29, 0.717) is 6.42 Å². The summed E-state index contributed by atoms with van der Waals surface area (Å²) in [4.78, 5) is 10.4. The van der Waals surface area contributed by atoms with E-state index in [1.165, 1.54) is 6.92 Å². The molecule has 1 unspecified atom stereocenters. The van der Waals surface area contributed by atoms with Crippen LogP contribution >= 0.6 is 0 Å². The van der Waals surface area contributed by atoms with Crippen LogP contribution in [0, 0.1) is 16.7 Å². The van der Waals surface area contributed by atoms with Crippen molar-refractivity contribution in [3.05, 3.63) is 0 Å². The van der Waals surface area contributed by atoms with Gasteiger partial charge in [-0.2, -0.15) is 5.26 Å². The van der Waals surface area contributed by atoms with Gasteiger partial charge in [0.15, 0.2) is 0 Å². The molecule has 0 aromatic heterocycles. The van der Waals surface area contributed by atoms with Crippen molar-refractivity contribution in [3.8, 4) is 6.07 Å². The van der Waals surface area contributed by atoms with Gasteiger partial charge in [-0.25, -0.2) is 0 Å². The third kappa shape index (κ3) is 2.58. The van der Waals surface area contributed by atoms with Gasteiger partial charge >= 0.3 is 0 Å². The van der Waals surface area contributed by atoms with Crippen LogP contribution in [0.5, 0.6) is 0 Å². The summed E-state index contributed by atoms with van der Waals surface area (Å²) in [6, 6.07) is 1.75. The molecule has 0 N–H and O–H groups in total. The van der Waals surface area contributed by atoms with Crippen LogP contribution in [0.4, 0.5) is 0 Å². The molecular formula is C8H12NO2-. The second-order valence-electron chi connectivity index (χ2n) is 2.83. The first kappa shape index (κ1) is 9.96. The molecule has 0 fully saturated rings. The zero-order valence-electron chi connectivity index (χ0n) is 6.89. The minimum atomic E-state index is -1.30. The number of carbonyl (C=O) groups is 1. The summed E-state index contributed by atoms with van der Waals surface area (Å²) in [5, 5.41) is 18.9. The van der Waals surface area contributed by atoms with E-state index in [1.807, 2.05) is 6.92 Å². The zero-order chi connectivity index (χ0) is 8.91. The summed E-state index contributed by atoms with van der Waals surface area (Å²) in [5.74, 6) is -1.27. The first-order valence-electron chi connectivity index (χ1n) is 3.69. The minimum absolute atomic E-state index is 0.377. The molecule has 0 amide bonds. The lowest BCUT2D eigenvalue weighted by atomic mass is 9.87. The number of hydrogen-bond acceptors (Lipinski definition) is 3. The SMILES string of the molecule is CCCCC(C)(C#N)C(=O)[O-]. The normalized spacial score (nSPS) is 15.0. The van der Waals surface area contributed by atoms with E-state index in [9.17, 15) is 9.90 Å². The van der Waals surface area contributed by atoms with E-state index < -0.39 is 11.4 Å². The van der Waals surface area contributed by atoms with Crippen LogP contribution in [0.3, 0.4) is 0 Å². The summed E-state index contributed by atoms with van der Waals surface area (Å²) in [6.07, 6.45) is 2.02. The second kappa shape index (κ2) is 3.97. The van der Waals surface area contributed by atoms with E-state index in [0.717, 1.165) is 12.8 Å². The Morgan fingerprint density at radius 3 is 2.55 bits per heavy atom. The van der Waals surface area contributed by atoms with E-state index >= 15 is 0 Å². The topological polar surface area (TPSA) is 63.9 Å². The first-order valence-corrected chi connectivity index (χ1v) is 3.69. The van der Waals surface area contributed by atoms with Crippen molar-refractivity contribution < 1.29 is 9.90 Å². The lowest BCUT2D eigenvalue weighted by molar-refractivity contribution is -0.315. The molecule has 3 heteroatoms. The Morgan fingerprint density at radius 2 is 2.27 bits per heavy atom. The maximum Gasteiger partial charge on any atom is 0.0938 e. The van der Waals surface area contributed by atoms with E-state index in [-0.39, 0.29) is 0 Å². The molecule has 0 radical (unpaired) electrons.